The Balaban J connectivity index is 1.39. The van der Waals surface area contributed by atoms with E-state index in [-0.39, 0.29) is 29.8 Å². The molecule has 0 saturated heterocycles. The first kappa shape index (κ1) is 20.2. The molecule has 0 aromatic carbocycles. The van der Waals surface area contributed by atoms with Gasteiger partial charge in [-0.2, -0.15) is 0 Å². The fourth-order valence-corrected chi connectivity index (χ4v) is 3.66. The van der Waals surface area contributed by atoms with Crippen LogP contribution >= 0.6 is 11.8 Å². The summed E-state index contributed by atoms with van der Waals surface area (Å²) in [6, 6.07) is 3.95. The fraction of sp³-hybridized carbons (Fsp3) is 0.474. The number of carbonyl (C=O) groups is 3. The maximum atomic E-state index is 12.4. The SMILES string of the molecule is Cc1cc(NC(=O)CSCC(=O)OCC(=O)c2cc(C)n(C3CC3)c2C)no1. The van der Waals surface area contributed by atoms with E-state index in [9.17, 15) is 14.4 Å². The highest BCUT2D eigenvalue weighted by Crippen LogP contribution is 2.38. The number of esters is 1. The second kappa shape index (κ2) is 8.64. The maximum absolute atomic E-state index is 12.4. The van der Waals surface area contributed by atoms with Crippen LogP contribution in [0, 0.1) is 20.8 Å². The van der Waals surface area contributed by atoms with E-state index in [1.54, 1.807) is 13.0 Å². The molecule has 0 unspecified atom stereocenters. The number of Topliss-reactive ketones (excluding diaryl/α,β-unsaturated/α-hetero) is 1. The van der Waals surface area contributed by atoms with Crippen LogP contribution < -0.4 is 5.32 Å². The van der Waals surface area contributed by atoms with Crippen molar-refractivity contribution < 1.29 is 23.6 Å². The molecule has 1 saturated carbocycles. The van der Waals surface area contributed by atoms with Crippen LogP contribution in [0.25, 0.3) is 0 Å². The molecule has 1 aliphatic rings. The molecule has 150 valence electrons. The Kier molecular flexibility index (Phi) is 6.23. The van der Waals surface area contributed by atoms with Gasteiger partial charge in [0.15, 0.2) is 12.4 Å². The standard InChI is InChI=1S/C19H23N3O5S/c1-11-6-15(13(3)22(11)14-4-5-14)16(23)8-26-19(25)10-28-9-18(24)20-17-7-12(2)27-21-17/h6-7,14H,4-5,8-10H2,1-3H3,(H,20,21,24). The summed E-state index contributed by atoms with van der Waals surface area (Å²) < 4.78 is 12.1. The number of nitrogens with one attached hydrogen (secondary N) is 1. The van der Waals surface area contributed by atoms with Gasteiger partial charge in [0.05, 0.1) is 11.5 Å². The molecule has 0 radical (unpaired) electrons. The van der Waals surface area contributed by atoms with E-state index in [4.69, 9.17) is 9.26 Å². The zero-order valence-corrected chi connectivity index (χ0v) is 16.9. The molecule has 3 rings (SSSR count). The van der Waals surface area contributed by atoms with Crippen LogP contribution in [-0.4, -0.2) is 45.5 Å². The van der Waals surface area contributed by atoms with E-state index in [2.05, 4.69) is 15.0 Å². The number of aryl methyl sites for hydroxylation is 2. The van der Waals surface area contributed by atoms with Gasteiger partial charge in [-0.05, 0) is 39.7 Å². The molecule has 2 aromatic rings. The number of ether oxygens (including phenoxy) is 1. The molecule has 9 heteroatoms. The minimum atomic E-state index is -0.528. The Morgan fingerprint density at radius 1 is 1.25 bits per heavy atom. The number of rotatable bonds is 9. The first-order valence-corrected chi connectivity index (χ1v) is 10.2. The molecule has 0 aliphatic heterocycles. The lowest BCUT2D eigenvalue weighted by Crippen LogP contribution is -2.18. The predicted molar refractivity (Wildman–Crippen MR) is 105 cm³/mol. The van der Waals surface area contributed by atoms with Crippen molar-refractivity contribution in [3.8, 4) is 0 Å². The van der Waals surface area contributed by atoms with Crippen LogP contribution in [0.15, 0.2) is 16.7 Å². The number of aromatic nitrogens is 2. The third-order valence-corrected chi connectivity index (χ3v) is 5.32. The first-order chi connectivity index (χ1) is 13.3. The molecule has 2 aromatic heterocycles. The normalized spacial score (nSPS) is 13.4. The van der Waals surface area contributed by atoms with E-state index in [1.165, 1.54) is 0 Å². The van der Waals surface area contributed by atoms with Crippen molar-refractivity contribution in [1.29, 1.82) is 0 Å². The van der Waals surface area contributed by atoms with Crippen LogP contribution in [0.5, 0.6) is 0 Å². The Morgan fingerprint density at radius 3 is 2.64 bits per heavy atom. The van der Waals surface area contributed by atoms with Gasteiger partial charge in [-0.15, -0.1) is 11.8 Å². The van der Waals surface area contributed by atoms with Crippen molar-refractivity contribution in [1.82, 2.24) is 9.72 Å². The van der Waals surface area contributed by atoms with Gasteiger partial charge >= 0.3 is 5.97 Å². The Bertz CT molecular complexity index is 898. The zero-order chi connectivity index (χ0) is 20.3. The lowest BCUT2D eigenvalue weighted by Gasteiger charge is -2.08. The quantitative estimate of drug-likeness (QED) is 0.505. The van der Waals surface area contributed by atoms with Crippen molar-refractivity contribution in [2.75, 3.05) is 23.4 Å². The van der Waals surface area contributed by atoms with Crippen molar-refractivity contribution in [2.45, 2.75) is 39.7 Å². The summed E-state index contributed by atoms with van der Waals surface area (Å²) in [7, 11) is 0. The van der Waals surface area contributed by atoms with Crippen LogP contribution in [-0.2, 0) is 14.3 Å². The maximum Gasteiger partial charge on any atom is 0.316 e. The van der Waals surface area contributed by atoms with Gasteiger partial charge in [-0.3, -0.25) is 14.4 Å². The van der Waals surface area contributed by atoms with Gasteiger partial charge in [-0.1, -0.05) is 5.16 Å². The number of hydrogen-bond donors (Lipinski definition) is 1. The lowest BCUT2D eigenvalue weighted by atomic mass is 10.1. The summed E-state index contributed by atoms with van der Waals surface area (Å²) in [6.45, 7) is 5.33. The van der Waals surface area contributed by atoms with Gasteiger partial charge in [0, 0.05) is 29.1 Å². The summed E-state index contributed by atoms with van der Waals surface area (Å²) in [5.74, 6) is -0.0577. The van der Waals surface area contributed by atoms with E-state index in [0.29, 0.717) is 23.2 Å². The number of amides is 1. The van der Waals surface area contributed by atoms with E-state index in [0.717, 1.165) is 36.0 Å². The molecular formula is C19H23N3O5S. The number of thioether (sulfide) groups is 1. The predicted octanol–water partition coefficient (Wildman–Crippen LogP) is 2.83. The molecule has 28 heavy (non-hydrogen) atoms. The molecule has 1 aliphatic carbocycles. The van der Waals surface area contributed by atoms with E-state index >= 15 is 0 Å². The molecule has 0 atom stereocenters. The van der Waals surface area contributed by atoms with E-state index in [1.807, 2.05) is 19.9 Å². The number of hydrogen-bond acceptors (Lipinski definition) is 7. The average molecular weight is 405 g/mol. The molecular weight excluding hydrogens is 382 g/mol. The third-order valence-electron chi connectivity index (χ3n) is 4.41. The zero-order valence-electron chi connectivity index (χ0n) is 16.1. The van der Waals surface area contributed by atoms with Crippen LogP contribution in [0.4, 0.5) is 5.82 Å². The Labute approximate surface area is 167 Å². The van der Waals surface area contributed by atoms with Crippen LogP contribution in [0.3, 0.4) is 0 Å². The van der Waals surface area contributed by atoms with Crippen LogP contribution in [0.1, 0.15) is 46.4 Å². The highest BCUT2D eigenvalue weighted by Gasteiger charge is 2.28. The van der Waals surface area contributed by atoms with Crippen molar-refractivity contribution >= 4 is 35.2 Å². The fourth-order valence-electron chi connectivity index (χ4n) is 3.05. The minimum Gasteiger partial charge on any atom is -0.457 e. The number of carbonyl (C=O) groups excluding carboxylic acids is 3. The largest absolute Gasteiger partial charge is 0.457 e. The molecule has 1 fully saturated rings. The summed E-state index contributed by atoms with van der Waals surface area (Å²) in [5.41, 5.74) is 2.58. The van der Waals surface area contributed by atoms with Gasteiger partial charge < -0.3 is 19.1 Å². The highest BCUT2D eigenvalue weighted by molar-refractivity contribution is 8.00. The number of anilines is 1. The first-order valence-electron chi connectivity index (χ1n) is 9.03. The van der Waals surface area contributed by atoms with Gasteiger partial charge in [-0.25, -0.2) is 0 Å². The topological polar surface area (TPSA) is 103 Å². The highest BCUT2D eigenvalue weighted by atomic mass is 32.2. The monoisotopic (exact) mass is 405 g/mol. The van der Waals surface area contributed by atoms with Crippen molar-refractivity contribution in [3.05, 3.63) is 34.8 Å². The molecule has 1 amide bonds. The van der Waals surface area contributed by atoms with Crippen molar-refractivity contribution in [2.24, 2.45) is 0 Å². The molecule has 1 N–H and O–H groups in total. The van der Waals surface area contributed by atoms with Crippen molar-refractivity contribution in [3.63, 3.8) is 0 Å². The summed E-state index contributed by atoms with van der Waals surface area (Å²) >= 11 is 1.10. The van der Waals surface area contributed by atoms with E-state index < -0.39 is 5.97 Å². The minimum absolute atomic E-state index is 0.0142. The average Bonchev–Trinajstić information content (AvgIpc) is 3.31. The van der Waals surface area contributed by atoms with Gasteiger partial charge in [0.1, 0.15) is 5.76 Å². The second-order valence-electron chi connectivity index (χ2n) is 6.83. The number of nitrogens with zero attached hydrogens (tertiary/aromatic N) is 2. The smallest absolute Gasteiger partial charge is 0.316 e. The van der Waals surface area contributed by atoms with Gasteiger partial charge in [0.25, 0.3) is 0 Å². The Hall–Kier alpha value is -2.55. The molecule has 0 bridgehead atoms. The number of ketones is 1. The summed E-state index contributed by atoms with van der Waals surface area (Å²) in [4.78, 5) is 36.0. The Morgan fingerprint density at radius 2 is 2.00 bits per heavy atom. The molecule has 2 heterocycles. The summed E-state index contributed by atoms with van der Waals surface area (Å²) in [6.07, 6.45) is 2.28. The third kappa shape index (κ3) is 5.03. The lowest BCUT2D eigenvalue weighted by molar-refractivity contribution is -0.139. The molecule has 0 spiro atoms. The second-order valence-corrected chi connectivity index (χ2v) is 7.82. The summed E-state index contributed by atoms with van der Waals surface area (Å²) in [5, 5.41) is 6.22. The molecule has 8 nitrogen and oxygen atoms in total. The van der Waals surface area contributed by atoms with Gasteiger partial charge in [0.2, 0.25) is 11.7 Å². The van der Waals surface area contributed by atoms with Crippen LogP contribution in [0.2, 0.25) is 0 Å².